The number of carbonyl (C=O) groups excluding carboxylic acids is 2. The Hall–Kier alpha value is -1.79. The molecule has 11 heteroatoms. The number of allylic oxidation sites excluding steroid dienone is 4. The van der Waals surface area contributed by atoms with Gasteiger partial charge in [0, 0.05) is 19.4 Å². The van der Waals surface area contributed by atoms with E-state index >= 15 is 0 Å². The third-order valence-electron chi connectivity index (χ3n) is 9.63. The van der Waals surface area contributed by atoms with Gasteiger partial charge in [-0.2, -0.15) is 8.42 Å². The fourth-order valence-electron chi connectivity index (χ4n) is 6.33. The van der Waals surface area contributed by atoms with Gasteiger partial charge in [0.1, 0.15) is 0 Å². The number of rotatable bonds is 37. The Morgan fingerprint density at radius 2 is 0.852 bits per heavy atom. The van der Waals surface area contributed by atoms with Crippen molar-refractivity contribution in [2.75, 3.05) is 20.3 Å². The summed E-state index contributed by atoms with van der Waals surface area (Å²) >= 11 is 0. The van der Waals surface area contributed by atoms with Crippen molar-refractivity contribution in [2.24, 2.45) is 0 Å². The summed E-state index contributed by atoms with van der Waals surface area (Å²) in [5.74, 6) is 0.0739. The number of amides is 2. The van der Waals surface area contributed by atoms with Crippen LogP contribution in [0.2, 0.25) is 0 Å². The van der Waals surface area contributed by atoms with Gasteiger partial charge in [-0.15, -0.1) is 0 Å². The van der Waals surface area contributed by atoms with Crippen LogP contribution in [0, 0.1) is 0 Å². The molecule has 2 amide bonds. The molecule has 0 saturated carbocycles. The molecule has 0 aliphatic carbocycles. The smallest absolute Gasteiger partial charge is 0.395 e. The van der Waals surface area contributed by atoms with Gasteiger partial charge in [0.25, 0.3) is 0 Å². The molecule has 0 aromatic carbocycles. The summed E-state index contributed by atoms with van der Waals surface area (Å²) in [5, 5.41) is 15.8. The van der Waals surface area contributed by atoms with Gasteiger partial charge in [-0.05, 0) is 78.1 Å². The number of aliphatic hydroxyl groups is 1. The molecule has 0 aliphatic heterocycles. The quantitative estimate of drug-likeness (QED) is 0.0211. The number of nitrogens with zero attached hydrogens (tertiary/aromatic N) is 1. The summed E-state index contributed by atoms with van der Waals surface area (Å²) in [5.41, 5.74) is 0. The first-order valence-corrected chi connectivity index (χ1v) is 23.2. The molecule has 0 aromatic rings. The zero-order chi connectivity index (χ0) is 40.5. The van der Waals surface area contributed by atoms with E-state index in [0.29, 0.717) is 19.4 Å². The second-order valence-electron chi connectivity index (χ2n) is 14.7. The van der Waals surface area contributed by atoms with Crippen LogP contribution in [-0.2, 0) is 24.2 Å². The Morgan fingerprint density at radius 1 is 0.574 bits per heavy atom. The molecular weight excluding hydrogens is 703 g/mol. The lowest BCUT2D eigenvalue weighted by molar-refractivity contribution is -0.124. The molecule has 54 heavy (non-hydrogen) atoms. The predicted octanol–water partition coefficient (Wildman–Crippen LogP) is 10.7. The largest absolute Gasteiger partial charge is 0.397 e. The highest BCUT2D eigenvalue weighted by Crippen LogP contribution is 2.12. The lowest BCUT2D eigenvalue weighted by Crippen LogP contribution is -2.56. The lowest BCUT2D eigenvalue weighted by Gasteiger charge is -2.34. The molecule has 0 heterocycles. The van der Waals surface area contributed by atoms with Gasteiger partial charge in [0.05, 0.1) is 26.0 Å². The Morgan fingerprint density at radius 3 is 1.13 bits per heavy atom. The minimum Gasteiger partial charge on any atom is -0.395 e. The van der Waals surface area contributed by atoms with Crippen molar-refractivity contribution in [3.05, 3.63) is 24.3 Å². The van der Waals surface area contributed by atoms with Gasteiger partial charge in [-0.3, -0.25) is 23.2 Å². The minimum absolute atomic E-state index is 0.0249. The van der Waals surface area contributed by atoms with Crippen molar-refractivity contribution in [3.63, 3.8) is 0 Å². The molecule has 0 aromatic heterocycles. The Balaban J connectivity index is 0. The average Bonchev–Trinajstić information content (AvgIpc) is 3.13. The SMILES string of the molecule is CCCCCCCC/C=C\CCCCCCCC(=O)NC(C)N(CCO)C(C)NC(=O)CCCCCCC/C=C\CCCCCCCC.COS(=O)(=O)O. The normalized spacial score (nSPS) is 13.0. The van der Waals surface area contributed by atoms with E-state index in [-0.39, 0.29) is 30.8 Å². The van der Waals surface area contributed by atoms with Crippen LogP contribution in [-0.4, -0.2) is 67.4 Å². The maximum Gasteiger partial charge on any atom is 0.397 e. The van der Waals surface area contributed by atoms with Crippen LogP contribution in [0.25, 0.3) is 0 Å². The fraction of sp³-hybridized carbons (Fsp3) is 0.860. The van der Waals surface area contributed by atoms with Gasteiger partial charge in [-0.25, -0.2) is 0 Å². The minimum atomic E-state index is -4.16. The van der Waals surface area contributed by atoms with Crippen molar-refractivity contribution in [1.29, 1.82) is 0 Å². The fourth-order valence-corrected chi connectivity index (χ4v) is 6.33. The van der Waals surface area contributed by atoms with E-state index < -0.39 is 10.4 Å². The Labute approximate surface area is 333 Å². The number of aliphatic hydroxyl groups excluding tert-OH is 1. The van der Waals surface area contributed by atoms with E-state index in [1.807, 2.05) is 18.7 Å². The van der Waals surface area contributed by atoms with E-state index in [0.717, 1.165) is 32.8 Å². The van der Waals surface area contributed by atoms with E-state index in [1.165, 1.54) is 141 Å². The molecule has 320 valence electrons. The molecular formula is C43H85N3O7S. The first-order valence-electron chi connectivity index (χ1n) is 21.8. The highest BCUT2D eigenvalue weighted by atomic mass is 32.3. The molecule has 0 aliphatic rings. The molecule has 0 radical (unpaired) electrons. The predicted molar refractivity (Wildman–Crippen MR) is 226 cm³/mol. The van der Waals surface area contributed by atoms with Crippen LogP contribution in [0.15, 0.2) is 24.3 Å². The van der Waals surface area contributed by atoms with Crippen LogP contribution >= 0.6 is 0 Å². The molecule has 4 N–H and O–H groups in total. The molecule has 10 nitrogen and oxygen atoms in total. The first-order chi connectivity index (χ1) is 26.0. The molecule has 0 rings (SSSR count). The van der Waals surface area contributed by atoms with Gasteiger partial charge >= 0.3 is 10.4 Å². The van der Waals surface area contributed by atoms with Crippen molar-refractivity contribution >= 4 is 22.2 Å². The van der Waals surface area contributed by atoms with E-state index in [4.69, 9.17) is 4.55 Å². The third-order valence-corrected chi connectivity index (χ3v) is 10.1. The van der Waals surface area contributed by atoms with Gasteiger partial charge in [-0.1, -0.05) is 141 Å². The molecule has 2 unspecified atom stereocenters. The number of unbranched alkanes of at least 4 members (excludes halogenated alkanes) is 22. The topological polar surface area (TPSA) is 145 Å². The molecule has 0 bridgehead atoms. The van der Waals surface area contributed by atoms with E-state index in [9.17, 15) is 23.1 Å². The molecule has 0 fully saturated rings. The third kappa shape index (κ3) is 41.4. The van der Waals surface area contributed by atoms with Gasteiger partial charge in [0.2, 0.25) is 11.8 Å². The molecule has 2 atom stereocenters. The van der Waals surface area contributed by atoms with Crippen LogP contribution in [0.5, 0.6) is 0 Å². The maximum absolute atomic E-state index is 12.6. The monoisotopic (exact) mass is 788 g/mol. The van der Waals surface area contributed by atoms with Crippen molar-refractivity contribution in [2.45, 2.75) is 220 Å². The zero-order valence-electron chi connectivity index (χ0n) is 35.5. The van der Waals surface area contributed by atoms with Crippen LogP contribution in [0.4, 0.5) is 0 Å². The van der Waals surface area contributed by atoms with Gasteiger partial charge < -0.3 is 15.7 Å². The molecule has 0 saturated heterocycles. The van der Waals surface area contributed by atoms with Crippen molar-refractivity contribution < 1.29 is 31.8 Å². The highest BCUT2D eigenvalue weighted by Gasteiger charge is 2.22. The second kappa shape index (κ2) is 40.9. The first kappa shape index (κ1) is 54.3. The summed E-state index contributed by atoms with van der Waals surface area (Å²) in [4.78, 5) is 27.2. The number of carbonyl (C=O) groups is 2. The maximum atomic E-state index is 12.6. The van der Waals surface area contributed by atoms with Crippen LogP contribution in [0.3, 0.4) is 0 Å². The summed E-state index contributed by atoms with van der Waals surface area (Å²) < 4.78 is 29.7. The summed E-state index contributed by atoms with van der Waals surface area (Å²) in [6.07, 6.45) is 42.2. The lowest BCUT2D eigenvalue weighted by atomic mass is 10.1. The average molecular weight is 788 g/mol. The van der Waals surface area contributed by atoms with Crippen molar-refractivity contribution in [1.82, 2.24) is 15.5 Å². The standard InChI is InChI=1S/C42H81N3O3.CH4O4S/c1-5-7-9-11-13-15-17-19-21-23-25-27-29-31-33-35-41(47)43-39(3)45(37-38-46)40(4)44-42(48)36-34-32-30-28-26-24-22-20-18-16-14-12-10-8-6-2;1-5-6(2,3)4/h19-22,39-40,46H,5-18,23-38H2,1-4H3,(H,43,47)(H,44,48);1H3,(H,2,3,4)/b21-19-,22-20-;. The number of nitrogens with one attached hydrogen (secondary N) is 2. The highest BCUT2D eigenvalue weighted by molar-refractivity contribution is 7.80. The van der Waals surface area contributed by atoms with E-state index in [1.54, 1.807) is 0 Å². The zero-order valence-corrected chi connectivity index (χ0v) is 36.3. The van der Waals surface area contributed by atoms with Crippen LogP contribution in [0.1, 0.15) is 207 Å². The Bertz CT molecular complexity index is 947. The number of hydrogen-bond acceptors (Lipinski definition) is 7. The Kier molecular flexibility index (Phi) is 41.1. The molecule has 0 spiro atoms. The summed E-state index contributed by atoms with van der Waals surface area (Å²) in [7, 11) is -3.29. The van der Waals surface area contributed by atoms with Crippen molar-refractivity contribution in [3.8, 4) is 0 Å². The second-order valence-corrected chi connectivity index (χ2v) is 15.9. The van der Waals surface area contributed by atoms with Gasteiger partial charge in [0.15, 0.2) is 0 Å². The van der Waals surface area contributed by atoms with E-state index in [2.05, 4.69) is 53.0 Å². The summed E-state index contributed by atoms with van der Waals surface area (Å²) in [6, 6.07) is 0. The number of hydrogen-bond donors (Lipinski definition) is 4. The summed E-state index contributed by atoms with van der Waals surface area (Å²) in [6.45, 7) is 8.76. The van der Waals surface area contributed by atoms with Crippen LogP contribution < -0.4 is 10.6 Å².